The second-order valence-electron chi connectivity index (χ2n) is 5.34. The van der Waals surface area contributed by atoms with Gasteiger partial charge in [0, 0.05) is 37.0 Å². The summed E-state index contributed by atoms with van der Waals surface area (Å²) in [6.45, 7) is 3.07. The summed E-state index contributed by atoms with van der Waals surface area (Å²) in [6, 6.07) is 8.52. The van der Waals surface area contributed by atoms with E-state index in [0.29, 0.717) is 24.5 Å². The van der Waals surface area contributed by atoms with Crippen LogP contribution in [0.15, 0.2) is 41.3 Å². The highest BCUT2D eigenvalue weighted by molar-refractivity contribution is 5.94. The van der Waals surface area contributed by atoms with Crippen LogP contribution in [0.2, 0.25) is 0 Å². The second-order valence-corrected chi connectivity index (χ2v) is 5.34. The van der Waals surface area contributed by atoms with Crippen molar-refractivity contribution in [2.45, 2.75) is 19.4 Å². The van der Waals surface area contributed by atoms with Crippen LogP contribution in [0.4, 0.5) is 0 Å². The number of carbonyl (C=O) groups excluding carboxylic acids is 1. The molecule has 2 aromatic heterocycles. The summed E-state index contributed by atoms with van der Waals surface area (Å²) < 4.78 is 5.83. The van der Waals surface area contributed by atoms with E-state index in [1.165, 1.54) is 18.3 Å². The first kappa shape index (κ1) is 14.3. The average molecular weight is 299 g/mol. The van der Waals surface area contributed by atoms with Crippen LogP contribution in [-0.4, -0.2) is 40.0 Å². The molecule has 114 valence electrons. The fourth-order valence-electron chi connectivity index (χ4n) is 2.49. The first-order valence-corrected chi connectivity index (χ1v) is 7.20. The minimum Gasteiger partial charge on any atom is -0.472 e. The largest absolute Gasteiger partial charge is 0.472 e. The van der Waals surface area contributed by atoms with E-state index in [-0.39, 0.29) is 17.6 Å². The molecule has 1 unspecified atom stereocenters. The molecule has 1 amide bonds. The van der Waals surface area contributed by atoms with Gasteiger partial charge in [0.15, 0.2) is 0 Å². The molecular weight excluding hydrogens is 282 g/mol. The summed E-state index contributed by atoms with van der Waals surface area (Å²) in [4.78, 5) is 31.9. The van der Waals surface area contributed by atoms with Gasteiger partial charge < -0.3 is 14.6 Å². The highest BCUT2D eigenvalue weighted by Gasteiger charge is 2.28. The van der Waals surface area contributed by atoms with Crippen LogP contribution in [0.1, 0.15) is 22.5 Å². The number of nitrogens with one attached hydrogen (secondary N) is 1. The van der Waals surface area contributed by atoms with Gasteiger partial charge in [-0.15, -0.1) is 0 Å². The zero-order valence-electron chi connectivity index (χ0n) is 12.3. The highest BCUT2D eigenvalue weighted by atomic mass is 16.5. The molecule has 0 radical (unpaired) electrons. The van der Waals surface area contributed by atoms with Crippen molar-refractivity contribution in [3.8, 4) is 5.88 Å². The number of nitrogens with zero attached hydrogens (tertiary/aromatic N) is 2. The molecule has 1 atom stereocenters. The van der Waals surface area contributed by atoms with Crippen molar-refractivity contribution >= 4 is 5.91 Å². The fraction of sp³-hybridized carbons (Fsp3) is 0.312. The Labute approximate surface area is 127 Å². The van der Waals surface area contributed by atoms with Gasteiger partial charge in [-0.3, -0.25) is 9.59 Å². The molecule has 0 spiro atoms. The molecule has 22 heavy (non-hydrogen) atoms. The van der Waals surface area contributed by atoms with Crippen molar-refractivity contribution in [1.82, 2.24) is 14.9 Å². The zero-order chi connectivity index (χ0) is 15.5. The number of hydrogen-bond acceptors (Lipinski definition) is 4. The van der Waals surface area contributed by atoms with Crippen molar-refractivity contribution in [2.24, 2.45) is 0 Å². The molecule has 0 aromatic carbocycles. The van der Waals surface area contributed by atoms with E-state index in [1.54, 1.807) is 4.90 Å². The van der Waals surface area contributed by atoms with Gasteiger partial charge in [-0.25, -0.2) is 4.98 Å². The topological polar surface area (TPSA) is 75.3 Å². The van der Waals surface area contributed by atoms with Crippen molar-refractivity contribution in [3.05, 3.63) is 58.1 Å². The van der Waals surface area contributed by atoms with E-state index in [9.17, 15) is 9.59 Å². The van der Waals surface area contributed by atoms with E-state index in [2.05, 4.69) is 9.97 Å². The first-order valence-electron chi connectivity index (χ1n) is 7.20. The number of ether oxygens (including phenoxy) is 1. The molecule has 3 heterocycles. The molecule has 3 rings (SSSR count). The summed E-state index contributed by atoms with van der Waals surface area (Å²) >= 11 is 0. The van der Waals surface area contributed by atoms with E-state index in [1.807, 2.05) is 25.1 Å². The van der Waals surface area contributed by atoms with Crippen LogP contribution in [0.5, 0.6) is 5.88 Å². The Morgan fingerprint density at radius 2 is 2.23 bits per heavy atom. The monoisotopic (exact) mass is 299 g/mol. The van der Waals surface area contributed by atoms with Gasteiger partial charge in [0.1, 0.15) is 6.10 Å². The lowest BCUT2D eigenvalue weighted by Gasteiger charge is -2.17. The smallest absolute Gasteiger partial charge is 0.255 e. The number of H-pyrrole nitrogens is 1. The molecule has 1 aliphatic heterocycles. The molecule has 1 aliphatic rings. The van der Waals surface area contributed by atoms with Crippen LogP contribution < -0.4 is 10.3 Å². The van der Waals surface area contributed by atoms with E-state index >= 15 is 0 Å². The number of aromatic amines is 1. The minimum atomic E-state index is -0.218. The maximum Gasteiger partial charge on any atom is 0.255 e. The number of hydrogen-bond donors (Lipinski definition) is 1. The average Bonchev–Trinajstić information content (AvgIpc) is 2.96. The Kier molecular flexibility index (Phi) is 3.91. The predicted octanol–water partition coefficient (Wildman–Crippen LogP) is 1.37. The lowest BCUT2D eigenvalue weighted by Crippen LogP contribution is -2.31. The molecule has 2 aromatic rings. The standard InChI is InChI=1S/C16H17N3O3/c1-11-3-2-4-15(18-11)22-13-7-8-19(10-13)16(21)12-5-6-14(20)17-9-12/h2-6,9,13H,7-8,10H2,1H3,(H,17,20). The van der Waals surface area contributed by atoms with Crippen LogP contribution in [0.25, 0.3) is 0 Å². The predicted molar refractivity (Wildman–Crippen MR) is 81.0 cm³/mol. The van der Waals surface area contributed by atoms with Gasteiger partial charge >= 0.3 is 0 Å². The molecular formula is C16H17N3O3. The summed E-state index contributed by atoms with van der Waals surface area (Å²) in [5, 5.41) is 0. The Morgan fingerprint density at radius 1 is 1.36 bits per heavy atom. The molecule has 0 bridgehead atoms. The van der Waals surface area contributed by atoms with Crippen LogP contribution >= 0.6 is 0 Å². The van der Waals surface area contributed by atoms with Gasteiger partial charge in [0.05, 0.1) is 12.1 Å². The van der Waals surface area contributed by atoms with Crippen molar-refractivity contribution in [2.75, 3.05) is 13.1 Å². The third-order valence-electron chi connectivity index (χ3n) is 3.61. The zero-order valence-corrected chi connectivity index (χ0v) is 12.3. The molecule has 0 aliphatic carbocycles. The lowest BCUT2D eigenvalue weighted by atomic mass is 10.2. The summed E-state index contributed by atoms with van der Waals surface area (Å²) in [5.41, 5.74) is 1.16. The molecule has 6 heteroatoms. The van der Waals surface area contributed by atoms with E-state index < -0.39 is 0 Å². The Hall–Kier alpha value is -2.63. The number of likely N-dealkylation sites (tertiary alicyclic amines) is 1. The van der Waals surface area contributed by atoms with Gasteiger partial charge in [-0.05, 0) is 19.1 Å². The van der Waals surface area contributed by atoms with Crippen molar-refractivity contribution in [1.29, 1.82) is 0 Å². The number of aryl methyl sites for hydroxylation is 1. The second kappa shape index (κ2) is 6.01. The Balaban J connectivity index is 1.63. The highest BCUT2D eigenvalue weighted by Crippen LogP contribution is 2.18. The van der Waals surface area contributed by atoms with Gasteiger partial charge in [-0.1, -0.05) is 6.07 Å². The van der Waals surface area contributed by atoms with Crippen LogP contribution in [-0.2, 0) is 0 Å². The maximum atomic E-state index is 12.3. The van der Waals surface area contributed by atoms with Crippen LogP contribution in [0, 0.1) is 6.92 Å². The molecule has 0 saturated carbocycles. The normalized spacial score (nSPS) is 17.5. The quantitative estimate of drug-likeness (QED) is 0.929. The molecule has 1 saturated heterocycles. The number of amides is 1. The summed E-state index contributed by atoms with van der Waals surface area (Å²) in [6.07, 6.45) is 2.16. The fourth-order valence-corrected chi connectivity index (χ4v) is 2.49. The first-order chi connectivity index (χ1) is 10.6. The van der Waals surface area contributed by atoms with Crippen molar-refractivity contribution in [3.63, 3.8) is 0 Å². The van der Waals surface area contributed by atoms with Crippen LogP contribution in [0.3, 0.4) is 0 Å². The molecule has 1 N–H and O–H groups in total. The maximum absolute atomic E-state index is 12.3. The Morgan fingerprint density at radius 3 is 2.95 bits per heavy atom. The molecule has 6 nitrogen and oxygen atoms in total. The van der Waals surface area contributed by atoms with Gasteiger partial charge in [-0.2, -0.15) is 0 Å². The lowest BCUT2D eigenvalue weighted by molar-refractivity contribution is 0.0770. The van der Waals surface area contributed by atoms with E-state index in [0.717, 1.165) is 12.1 Å². The van der Waals surface area contributed by atoms with Gasteiger partial charge in [0.2, 0.25) is 11.4 Å². The third-order valence-corrected chi connectivity index (χ3v) is 3.61. The van der Waals surface area contributed by atoms with E-state index in [4.69, 9.17) is 4.74 Å². The number of aromatic nitrogens is 2. The SMILES string of the molecule is Cc1cccc(OC2CCN(C(=O)c3ccc(=O)[nH]c3)C2)n1. The number of pyridine rings is 2. The van der Waals surface area contributed by atoms with Crippen molar-refractivity contribution < 1.29 is 9.53 Å². The number of rotatable bonds is 3. The summed E-state index contributed by atoms with van der Waals surface area (Å²) in [5.74, 6) is 0.489. The summed E-state index contributed by atoms with van der Waals surface area (Å²) in [7, 11) is 0. The molecule has 1 fully saturated rings. The minimum absolute atomic E-state index is 0.0546. The third kappa shape index (κ3) is 3.16. The van der Waals surface area contributed by atoms with Gasteiger partial charge in [0.25, 0.3) is 5.91 Å². The Bertz CT molecular complexity index is 721. The number of carbonyl (C=O) groups is 1.